The zero-order valence-corrected chi connectivity index (χ0v) is 14.4. The Morgan fingerprint density at radius 2 is 2.00 bits per heavy atom. The van der Waals surface area contributed by atoms with E-state index in [1.165, 1.54) is 23.5 Å². The van der Waals surface area contributed by atoms with Crippen LogP contribution in [0.25, 0.3) is 0 Å². The minimum absolute atomic E-state index is 0.0481. The molecule has 2 rings (SSSR count). The van der Waals surface area contributed by atoms with Crippen LogP contribution in [0.5, 0.6) is 0 Å². The highest BCUT2D eigenvalue weighted by molar-refractivity contribution is 9.11. The summed E-state index contributed by atoms with van der Waals surface area (Å²) in [5.41, 5.74) is 0.503. The van der Waals surface area contributed by atoms with E-state index in [-0.39, 0.29) is 16.1 Å². The molecule has 8 heteroatoms. The van der Waals surface area contributed by atoms with Crippen LogP contribution in [-0.4, -0.2) is 19.5 Å². The number of aromatic carboxylic acids is 1. The molecule has 0 aliphatic carbocycles. The Kier molecular flexibility index (Phi) is 4.40. The molecule has 21 heavy (non-hydrogen) atoms. The van der Waals surface area contributed by atoms with Crippen LogP contribution >= 0.6 is 27.3 Å². The lowest BCUT2D eigenvalue weighted by Gasteiger charge is -2.12. The third kappa shape index (κ3) is 3.28. The molecule has 2 N–H and O–H groups in total. The van der Waals surface area contributed by atoms with Gasteiger partial charge in [0.2, 0.25) is 0 Å². The first-order valence-electron chi connectivity index (χ1n) is 5.84. The maximum atomic E-state index is 12.4. The second-order valence-corrected chi connectivity index (χ2v) is 8.67. The molecular formula is C13H12BrNO4S2. The molecule has 0 aliphatic heterocycles. The molecule has 0 spiro atoms. The van der Waals surface area contributed by atoms with Gasteiger partial charge in [-0.3, -0.25) is 4.72 Å². The van der Waals surface area contributed by atoms with E-state index in [0.717, 1.165) is 0 Å². The smallest absolute Gasteiger partial charge is 0.338 e. The average Bonchev–Trinajstić information content (AvgIpc) is 2.68. The Morgan fingerprint density at radius 3 is 2.52 bits per heavy atom. The fourth-order valence-electron chi connectivity index (χ4n) is 1.93. The summed E-state index contributed by atoms with van der Waals surface area (Å²) in [5, 5.41) is 9.23. The second kappa shape index (κ2) is 5.78. The third-order valence-electron chi connectivity index (χ3n) is 2.86. The standard InChI is InChI=1S/C13H12BrNO4S2/c1-7-4-3-5-9(12(7)13(16)17)15-21(18,19)10-6-11(14)20-8(10)2/h3-6,15H,1-2H3,(H,16,17). The van der Waals surface area contributed by atoms with E-state index < -0.39 is 16.0 Å². The number of thiophene rings is 1. The van der Waals surface area contributed by atoms with Gasteiger partial charge in [-0.1, -0.05) is 12.1 Å². The van der Waals surface area contributed by atoms with Crippen molar-refractivity contribution in [3.8, 4) is 0 Å². The minimum atomic E-state index is -3.83. The highest BCUT2D eigenvalue weighted by Crippen LogP contribution is 2.31. The highest BCUT2D eigenvalue weighted by atomic mass is 79.9. The number of rotatable bonds is 4. The van der Waals surface area contributed by atoms with Crippen molar-refractivity contribution in [1.82, 2.24) is 0 Å². The Hall–Kier alpha value is -1.38. The second-order valence-electron chi connectivity index (χ2n) is 4.38. The van der Waals surface area contributed by atoms with E-state index in [2.05, 4.69) is 20.7 Å². The van der Waals surface area contributed by atoms with Crippen LogP contribution in [0.15, 0.2) is 32.9 Å². The number of carboxylic acid groups (broad SMARTS) is 1. The number of aryl methyl sites for hydroxylation is 2. The number of carbonyl (C=O) groups is 1. The number of hydrogen-bond acceptors (Lipinski definition) is 4. The molecule has 0 amide bonds. The van der Waals surface area contributed by atoms with Crippen LogP contribution in [0.2, 0.25) is 0 Å². The fourth-order valence-corrected chi connectivity index (χ4v) is 5.42. The van der Waals surface area contributed by atoms with Crippen LogP contribution in [0, 0.1) is 13.8 Å². The van der Waals surface area contributed by atoms with Gasteiger partial charge in [-0.05, 0) is 47.5 Å². The molecule has 0 radical (unpaired) electrons. The number of benzene rings is 1. The molecular weight excluding hydrogens is 378 g/mol. The van der Waals surface area contributed by atoms with Crippen molar-refractivity contribution in [2.24, 2.45) is 0 Å². The number of hydrogen-bond donors (Lipinski definition) is 2. The summed E-state index contributed by atoms with van der Waals surface area (Å²) in [6.07, 6.45) is 0. The highest BCUT2D eigenvalue weighted by Gasteiger charge is 2.22. The summed E-state index contributed by atoms with van der Waals surface area (Å²) >= 11 is 4.54. The van der Waals surface area contributed by atoms with E-state index in [1.807, 2.05) is 0 Å². The normalized spacial score (nSPS) is 11.4. The van der Waals surface area contributed by atoms with Gasteiger partial charge in [-0.15, -0.1) is 11.3 Å². The molecule has 2 aromatic rings. The van der Waals surface area contributed by atoms with E-state index in [9.17, 15) is 18.3 Å². The molecule has 0 atom stereocenters. The van der Waals surface area contributed by atoms with E-state index in [1.54, 1.807) is 26.0 Å². The number of sulfonamides is 1. The minimum Gasteiger partial charge on any atom is -0.478 e. The molecule has 1 heterocycles. The molecule has 112 valence electrons. The van der Waals surface area contributed by atoms with Crippen molar-refractivity contribution in [2.45, 2.75) is 18.7 Å². The van der Waals surface area contributed by atoms with Gasteiger partial charge in [0.1, 0.15) is 4.90 Å². The van der Waals surface area contributed by atoms with Crippen molar-refractivity contribution in [3.05, 3.63) is 44.1 Å². The van der Waals surface area contributed by atoms with E-state index in [4.69, 9.17) is 0 Å². The molecule has 0 fully saturated rings. The molecule has 0 saturated carbocycles. The zero-order chi connectivity index (χ0) is 15.8. The van der Waals surface area contributed by atoms with Crippen molar-refractivity contribution in [2.75, 3.05) is 4.72 Å². The van der Waals surface area contributed by atoms with Crippen molar-refractivity contribution >= 4 is 48.9 Å². The Labute approximate surface area is 134 Å². The lowest BCUT2D eigenvalue weighted by molar-refractivity contribution is 0.0697. The predicted molar refractivity (Wildman–Crippen MR) is 85.7 cm³/mol. The average molecular weight is 390 g/mol. The van der Waals surface area contributed by atoms with Crippen LogP contribution < -0.4 is 4.72 Å². The van der Waals surface area contributed by atoms with Gasteiger partial charge in [0.25, 0.3) is 10.0 Å². The largest absolute Gasteiger partial charge is 0.478 e. The number of carboxylic acids is 1. The summed E-state index contributed by atoms with van der Waals surface area (Å²) in [4.78, 5) is 12.1. The lowest BCUT2D eigenvalue weighted by atomic mass is 10.1. The zero-order valence-electron chi connectivity index (χ0n) is 11.2. The third-order valence-corrected chi connectivity index (χ3v) is 6.04. The summed E-state index contributed by atoms with van der Waals surface area (Å²) in [6, 6.07) is 6.16. The summed E-state index contributed by atoms with van der Waals surface area (Å²) < 4.78 is 27.9. The predicted octanol–water partition coefficient (Wildman–Crippen LogP) is 3.63. The van der Waals surface area contributed by atoms with E-state index >= 15 is 0 Å². The van der Waals surface area contributed by atoms with Gasteiger partial charge in [0, 0.05) is 4.88 Å². The monoisotopic (exact) mass is 389 g/mol. The van der Waals surface area contributed by atoms with Crippen LogP contribution in [0.3, 0.4) is 0 Å². The van der Waals surface area contributed by atoms with Crippen molar-refractivity contribution < 1.29 is 18.3 Å². The summed E-state index contributed by atoms with van der Waals surface area (Å²) in [5.74, 6) is -1.17. The van der Waals surface area contributed by atoms with Gasteiger partial charge >= 0.3 is 5.97 Å². The molecule has 0 unspecified atom stereocenters. The molecule has 0 bridgehead atoms. The van der Waals surface area contributed by atoms with Gasteiger partial charge in [0.05, 0.1) is 15.0 Å². The molecule has 5 nitrogen and oxygen atoms in total. The number of anilines is 1. The maximum Gasteiger partial charge on any atom is 0.338 e. The topological polar surface area (TPSA) is 83.5 Å². The van der Waals surface area contributed by atoms with E-state index in [0.29, 0.717) is 14.2 Å². The molecule has 1 aromatic carbocycles. The van der Waals surface area contributed by atoms with Crippen LogP contribution in [0.4, 0.5) is 5.69 Å². The Balaban J connectivity index is 2.50. The van der Waals surface area contributed by atoms with Gasteiger partial charge < -0.3 is 5.11 Å². The molecule has 0 aliphatic rings. The maximum absolute atomic E-state index is 12.4. The van der Waals surface area contributed by atoms with Crippen molar-refractivity contribution in [1.29, 1.82) is 0 Å². The summed E-state index contributed by atoms with van der Waals surface area (Å²) in [7, 11) is -3.83. The van der Waals surface area contributed by atoms with Gasteiger partial charge in [0.15, 0.2) is 0 Å². The SMILES string of the molecule is Cc1cccc(NS(=O)(=O)c2cc(Br)sc2C)c1C(=O)O. The van der Waals surface area contributed by atoms with Crippen LogP contribution in [0.1, 0.15) is 20.8 Å². The van der Waals surface area contributed by atoms with Crippen molar-refractivity contribution in [3.63, 3.8) is 0 Å². The number of halogens is 1. The Morgan fingerprint density at radius 1 is 1.33 bits per heavy atom. The van der Waals surface area contributed by atoms with Gasteiger partial charge in [-0.25, -0.2) is 13.2 Å². The van der Waals surface area contributed by atoms with Gasteiger partial charge in [-0.2, -0.15) is 0 Å². The first kappa shape index (κ1) is 16.0. The number of nitrogens with one attached hydrogen (secondary N) is 1. The fraction of sp³-hybridized carbons (Fsp3) is 0.154. The van der Waals surface area contributed by atoms with Crippen LogP contribution in [-0.2, 0) is 10.0 Å². The first-order chi connectivity index (χ1) is 9.72. The summed E-state index contributed by atoms with van der Waals surface area (Å²) in [6.45, 7) is 3.31. The first-order valence-corrected chi connectivity index (χ1v) is 8.93. The lowest BCUT2D eigenvalue weighted by Crippen LogP contribution is -2.16. The molecule has 0 saturated heterocycles. The Bertz CT molecular complexity index is 812. The quantitative estimate of drug-likeness (QED) is 0.835. The molecule has 1 aromatic heterocycles.